The monoisotopic (exact) mass is 173 g/mol. The number of fused-ring (bicyclic) bond motifs is 1. The summed E-state index contributed by atoms with van der Waals surface area (Å²) in [7, 11) is 0. The molecule has 0 amide bonds. The quantitative estimate of drug-likeness (QED) is 0.638. The Kier molecular flexibility index (Phi) is 1.97. The Labute approximate surface area is 76.6 Å². The van der Waals surface area contributed by atoms with Crippen LogP contribution < -0.4 is 10.6 Å². The topological polar surface area (TPSA) is 29.4 Å². The van der Waals surface area contributed by atoms with E-state index < -0.39 is 0 Å². The molecule has 1 aromatic carbocycles. The number of carbonyl (C=O) groups excluding carboxylic acids is 1. The van der Waals surface area contributed by atoms with E-state index in [1.807, 2.05) is 24.3 Å². The molecule has 2 rings (SSSR count). The molecule has 0 saturated carbocycles. The van der Waals surface area contributed by atoms with Crippen molar-refractivity contribution < 1.29 is 4.79 Å². The summed E-state index contributed by atoms with van der Waals surface area (Å²) in [6.07, 6.45) is 0.542. The predicted molar refractivity (Wildman–Crippen MR) is 50.8 cm³/mol. The molecule has 0 unspecified atom stereocenters. The van der Waals surface area contributed by atoms with E-state index in [0.29, 0.717) is 13.0 Å². The third-order valence-corrected chi connectivity index (χ3v) is 2.19. The summed E-state index contributed by atoms with van der Waals surface area (Å²) in [5.41, 5.74) is 1.16. The van der Waals surface area contributed by atoms with Gasteiger partial charge < -0.3 is 0 Å². The normalized spacial score (nSPS) is 13.8. The maximum absolute atomic E-state index is 10.9. The van der Waals surface area contributed by atoms with E-state index in [2.05, 4.69) is 4.99 Å². The molecule has 0 bridgehead atoms. The lowest BCUT2D eigenvalue weighted by atomic mass is 10.1. The van der Waals surface area contributed by atoms with Gasteiger partial charge in [-0.05, 0) is 18.6 Å². The van der Waals surface area contributed by atoms with Crippen LogP contribution in [0.2, 0.25) is 0 Å². The summed E-state index contributed by atoms with van der Waals surface area (Å²) in [5, 5.41) is 2.18. The van der Waals surface area contributed by atoms with Gasteiger partial charge in [0.15, 0.2) is 0 Å². The van der Waals surface area contributed by atoms with E-state index in [-0.39, 0.29) is 5.78 Å². The fourth-order valence-corrected chi connectivity index (χ4v) is 1.63. The van der Waals surface area contributed by atoms with Crippen molar-refractivity contribution in [2.75, 3.05) is 6.54 Å². The lowest BCUT2D eigenvalue weighted by molar-refractivity contribution is -0.116. The number of para-hydroxylation sites is 1. The molecule has 0 aliphatic carbocycles. The third-order valence-electron chi connectivity index (χ3n) is 2.19. The lowest BCUT2D eigenvalue weighted by Crippen LogP contribution is -2.22. The van der Waals surface area contributed by atoms with Crippen molar-refractivity contribution in [2.24, 2.45) is 4.99 Å². The summed E-state index contributed by atoms with van der Waals surface area (Å²) >= 11 is 0. The van der Waals surface area contributed by atoms with Gasteiger partial charge in [0.2, 0.25) is 0 Å². The van der Waals surface area contributed by atoms with E-state index in [4.69, 9.17) is 0 Å². The highest BCUT2D eigenvalue weighted by Crippen LogP contribution is 2.03. The molecule has 2 heteroatoms. The van der Waals surface area contributed by atoms with E-state index in [1.54, 1.807) is 6.92 Å². The van der Waals surface area contributed by atoms with Crippen LogP contribution in [0.3, 0.4) is 0 Å². The van der Waals surface area contributed by atoms with Crippen LogP contribution in [0.1, 0.15) is 13.3 Å². The van der Waals surface area contributed by atoms with Crippen LogP contribution in [0.25, 0.3) is 5.57 Å². The number of carbonyl (C=O) groups is 1. The van der Waals surface area contributed by atoms with Crippen molar-refractivity contribution in [3.8, 4) is 0 Å². The molecular formula is C11H11NO. The number of ketones is 1. The van der Waals surface area contributed by atoms with E-state index >= 15 is 0 Å². The van der Waals surface area contributed by atoms with Gasteiger partial charge in [0, 0.05) is 11.6 Å². The first kappa shape index (κ1) is 8.17. The highest BCUT2D eigenvalue weighted by atomic mass is 16.1. The Balaban J connectivity index is 2.54. The molecule has 0 saturated heterocycles. The van der Waals surface area contributed by atoms with Gasteiger partial charge in [-0.25, -0.2) is 0 Å². The maximum atomic E-state index is 10.9. The van der Waals surface area contributed by atoms with Crippen molar-refractivity contribution in [2.45, 2.75) is 13.3 Å². The van der Waals surface area contributed by atoms with Crippen molar-refractivity contribution in [1.82, 2.24) is 0 Å². The van der Waals surface area contributed by atoms with Crippen LogP contribution in [-0.4, -0.2) is 12.3 Å². The number of hydrogen-bond acceptors (Lipinski definition) is 2. The number of rotatable bonds is 2. The average molecular weight is 173 g/mol. The summed E-state index contributed by atoms with van der Waals surface area (Å²) in [4.78, 5) is 15.3. The molecule has 13 heavy (non-hydrogen) atoms. The molecule has 1 aliphatic rings. The van der Waals surface area contributed by atoms with Gasteiger partial charge in [-0.1, -0.05) is 18.2 Å². The molecule has 0 spiro atoms. The van der Waals surface area contributed by atoms with Crippen LogP contribution >= 0.6 is 0 Å². The number of Topliss-reactive ketones (excluding diaryl/α,β-unsaturated/α-hetero) is 1. The fraction of sp³-hybridized carbons (Fsp3) is 0.273. The van der Waals surface area contributed by atoms with Crippen molar-refractivity contribution >= 4 is 11.4 Å². The second kappa shape index (κ2) is 3.13. The minimum Gasteiger partial charge on any atom is -0.300 e. The van der Waals surface area contributed by atoms with E-state index in [0.717, 1.165) is 16.1 Å². The maximum Gasteiger partial charge on any atom is 0.133 e. The molecule has 2 nitrogen and oxygen atoms in total. The zero-order valence-electron chi connectivity index (χ0n) is 7.58. The third kappa shape index (κ3) is 1.52. The Bertz CT molecular complexity index is 459. The predicted octanol–water partition coefficient (Wildman–Crippen LogP) is 0.450. The second-order valence-electron chi connectivity index (χ2n) is 3.32. The molecular weight excluding hydrogens is 162 g/mol. The van der Waals surface area contributed by atoms with E-state index in [1.165, 1.54) is 0 Å². The van der Waals surface area contributed by atoms with Crippen LogP contribution in [0.5, 0.6) is 0 Å². The molecule has 1 aliphatic heterocycles. The molecule has 0 N–H and O–H groups in total. The first-order valence-corrected chi connectivity index (χ1v) is 4.38. The molecule has 0 atom stereocenters. The molecule has 0 aromatic heterocycles. The minimum absolute atomic E-state index is 0.210. The molecule has 66 valence electrons. The molecule has 0 fully saturated rings. The van der Waals surface area contributed by atoms with Gasteiger partial charge in [-0.3, -0.25) is 9.79 Å². The van der Waals surface area contributed by atoms with Crippen LogP contribution in [0.4, 0.5) is 0 Å². The van der Waals surface area contributed by atoms with Gasteiger partial charge in [-0.2, -0.15) is 0 Å². The first-order chi connectivity index (χ1) is 6.27. The smallest absolute Gasteiger partial charge is 0.133 e. The van der Waals surface area contributed by atoms with Gasteiger partial charge in [0.1, 0.15) is 5.78 Å². The van der Waals surface area contributed by atoms with Crippen molar-refractivity contribution in [1.29, 1.82) is 0 Å². The number of nitrogens with zero attached hydrogens (tertiary/aromatic N) is 1. The molecule has 1 aromatic rings. The Morgan fingerprint density at radius 3 is 3.00 bits per heavy atom. The number of benzene rings is 1. The zero-order valence-corrected chi connectivity index (χ0v) is 7.58. The van der Waals surface area contributed by atoms with Crippen molar-refractivity contribution in [3.63, 3.8) is 0 Å². The number of hydrogen-bond donors (Lipinski definition) is 0. The summed E-state index contributed by atoms with van der Waals surface area (Å²) in [5.74, 6) is 0.210. The molecule has 1 heterocycles. The Morgan fingerprint density at radius 1 is 1.46 bits per heavy atom. The SMILES string of the molecule is CC(=O)CC1=c2ccccc2=NC1. The average Bonchev–Trinajstić information content (AvgIpc) is 2.48. The standard InChI is InChI=1S/C11H11NO/c1-8(13)6-9-7-12-11-5-3-2-4-10(9)11/h2-5H,6-7H2,1H3. The highest BCUT2D eigenvalue weighted by molar-refractivity contribution is 5.84. The summed E-state index contributed by atoms with van der Waals surface area (Å²) in [6.45, 7) is 2.31. The second-order valence-corrected chi connectivity index (χ2v) is 3.32. The van der Waals surface area contributed by atoms with Gasteiger partial charge in [0.25, 0.3) is 0 Å². The Morgan fingerprint density at radius 2 is 2.23 bits per heavy atom. The van der Waals surface area contributed by atoms with Crippen LogP contribution in [-0.2, 0) is 4.79 Å². The first-order valence-electron chi connectivity index (χ1n) is 4.38. The fourth-order valence-electron chi connectivity index (χ4n) is 1.63. The van der Waals surface area contributed by atoms with Crippen LogP contribution in [0.15, 0.2) is 29.3 Å². The molecule has 0 radical (unpaired) electrons. The minimum atomic E-state index is 0.210. The van der Waals surface area contributed by atoms with Gasteiger partial charge >= 0.3 is 0 Å². The van der Waals surface area contributed by atoms with Crippen LogP contribution in [0, 0.1) is 0 Å². The summed E-state index contributed by atoms with van der Waals surface area (Å²) < 4.78 is 0. The van der Waals surface area contributed by atoms with Crippen molar-refractivity contribution in [3.05, 3.63) is 34.8 Å². The van der Waals surface area contributed by atoms with Gasteiger partial charge in [0.05, 0.1) is 11.9 Å². The highest BCUT2D eigenvalue weighted by Gasteiger charge is 2.07. The largest absolute Gasteiger partial charge is 0.300 e. The summed E-state index contributed by atoms with van der Waals surface area (Å²) in [6, 6.07) is 7.98. The van der Waals surface area contributed by atoms with E-state index in [9.17, 15) is 4.79 Å². The zero-order chi connectivity index (χ0) is 9.26. The Hall–Kier alpha value is -1.44. The van der Waals surface area contributed by atoms with Gasteiger partial charge in [-0.15, -0.1) is 0 Å². The lowest BCUT2D eigenvalue weighted by Gasteiger charge is -1.95.